The quantitative estimate of drug-likeness (QED) is 0.108. The zero-order valence-electron chi connectivity index (χ0n) is 19.8. The van der Waals surface area contributed by atoms with Gasteiger partial charge in [-0.25, -0.2) is 18.7 Å². The molecule has 38 heavy (non-hydrogen) atoms. The lowest BCUT2D eigenvalue weighted by Gasteiger charge is -2.14. The zero-order valence-corrected chi connectivity index (χ0v) is 21.4. The number of rotatable bonds is 9. The number of benzene rings is 1. The first kappa shape index (κ1) is 32.2. The Morgan fingerprint density at radius 1 is 1.21 bits per heavy atom. The van der Waals surface area contributed by atoms with Crippen LogP contribution in [0.5, 0.6) is 0 Å². The van der Waals surface area contributed by atoms with Gasteiger partial charge in [0.25, 0.3) is 15.6 Å². The summed E-state index contributed by atoms with van der Waals surface area (Å²) < 4.78 is 60.7. The largest absolute Gasteiger partial charge is 0.490 e. The summed E-state index contributed by atoms with van der Waals surface area (Å²) in [5.74, 6) is -3.62. The van der Waals surface area contributed by atoms with Gasteiger partial charge in [-0.1, -0.05) is 17.7 Å². The van der Waals surface area contributed by atoms with Crippen LogP contribution in [0.4, 0.5) is 18.9 Å². The Balaban J connectivity index is 0.000000905. The first-order chi connectivity index (χ1) is 17.5. The van der Waals surface area contributed by atoms with Gasteiger partial charge in [0, 0.05) is 17.3 Å². The number of anilines is 1. The Kier molecular flexibility index (Phi) is 11.6. The van der Waals surface area contributed by atoms with Gasteiger partial charge < -0.3 is 20.7 Å². The maximum absolute atomic E-state index is 12.8. The molecule has 0 saturated carbocycles. The lowest BCUT2D eigenvalue weighted by atomic mass is 10.2. The number of hydroxylamine groups is 1. The molecule has 0 radical (unpaired) electrons. The van der Waals surface area contributed by atoms with Gasteiger partial charge in [-0.15, -0.1) is 0 Å². The lowest BCUT2D eigenvalue weighted by Crippen LogP contribution is -2.37. The fourth-order valence-corrected chi connectivity index (χ4v) is 4.15. The van der Waals surface area contributed by atoms with Crippen LogP contribution in [-0.4, -0.2) is 55.3 Å². The number of amides is 1. The maximum Gasteiger partial charge on any atom is 0.490 e. The van der Waals surface area contributed by atoms with Crippen molar-refractivity contribution in [3.8, 4) is 0 Å². The van der Waals surface area contributed by atoms with Gasteiger partial charge in [-0.3, -0.25) is 24.6 Å². The molecule has 18 heteroatoms. The molecule has 0 atom stereocenters. The molecule has 0 spiro atoms. The van der Waals surface area contributed by atoms with Crippen LogP contribution in [0.3, 0.4) is 0 Å². The summed E-state index contributed by atoms with van der Waals surface area (Å²) in [5.41, 5.74) is 7.11. The fraction of sp³-hybridized carbons (Fsp3) is 0.300. The summed E-state index contributed by atoms with van der Waals surface area (Å²) in [6.45, 7) is 3.00. The van der Waals surface area contributed by atoms with Gasteiger partial charge in [-0.2, -0.15) is 13.2 Å². The van der Waals surface area contributed by atoms with Crippen LogP contribution in [-0.2, 0) is 31.0 Å². The number of nitrogens with two attached hydrogens (primary N) is 1. The Bertz CT molecular complexity index is 1350. The number of alkyl halides is 3. The van der Waals surface area contributed by atoms with Crippen molar-refractivity contribution in [1.82, 2.24) is 15.4 Å². The van der Waals surface area contributed by atoms with Gasteiger partial charge in [0.05, 0.1) is 11.5 Å². The number of pyridine rings is 1. The van der Waals surface area contributed by atoms with Crippen LogP contribution < -0.4 is 26.8 Å². The first-order valence-electron chi connectivity index (χ1n) is 10.2. The minimum absolute atomic E-state index is 0.0397. The van der Waals surface area contributed by atoms with Crippen molar-refractivity contribution in [3.63, 3.8) is 0 Å². The van der Waals surface area contributed by atoms with Crippen molar-refractivity contribution in [2.75, 3.05) is 17.9 Å². The number of carbonyl (C=O) groups excluding carboxylic acids is 1. The molecular weight excluding hydrogens is 561 g/mol. The number of hydrogen-bond acceptors (Lipinski definition) is 7. The summed E-state index contributed by atoms with van der Waals surface area (Å²) in [6.07, 6.45) is -5.08. The van der Waals surface area contributed by atoms with Crippen molar-refractivity contribution >= 4 is 45.1 Å². The van der Waals surface area contributed by atoms with E-state index in [1.54, 1.807) is 19.9 Å². The highest BCUT2D eigenvalue weighted by Gasteiger charge is 2.38. The number of carbonyl (C=O) groups is 2. The second-order valence-corrected chi connectivity index (χ2v) is 9.32. The number of nitrogens with zero attached hydrogens (tertiary/aromatic N) is 1. The summed E-state index contributed by atoms with van der Waals surface area (Å²) in [4.78, 5) is 38.6. The number of sulfonamides is 1. The predicted molar refractivity (Wildman–Crippen MR) is 130 cm³/mol. The van der Waals surface area contributed by atoms with E-state index in [1.165, 1.54) is 24.3 Å². The second kappa shape index (κ2) is 13.6. The molecule has 0 aliphatic rings. The number of nitrogens with one attached hydrogen (secondary N) is 4. The molecule has 1 amide bonds. The Morgan fingerprint density at radius 3 is 2.37 bits per heavy atom. The second-order valence-electron chi connectivity index (χ2n) is 7.27. The third-order valence-corrected chi connectivity index (χ3v) is 6.32. The highest BCUT2D eigenvalue weighted by molar-refractivity contribution is 7.92. The molecule has 0 unspecified atom stereocenters. The first-order valence-corrected chi connectivity index (χ1v) is 12.1. The third kappa shape index (κ3) is 9.91. The van der Waals surface area contributed by atoms with Gasteiger partial charge in [0.1, 0.15) is 12.2 Å². The van der Waals surface area contributed by atoms with Crippen LogP contribution >= 0.6 is 11.6 Å². The van der Waals surface area contributed by atoms with E-state index in [2.05, 4.69) is 15.5 Å². The number of hydrogen-bond donors (Lipinski definition) is 6. The monoisotopic (exact) mass is 584 g/mol. The summed E-state index contributed by atoms with van der Waals surface area (Å²) in [7, 11) is -4.07. The fourth-order valence-electron chi connectivity index (χ4n) is 2.59. The van der Waals surface area contributed by atoms with Crippen molar-refractivity contribution in [1.29, 1.82) is 5.41 Å². The van der Waals surface area contributed by atoms with Crippen LogP contribution in [0.2, 0.25) is 5.02 Å². The maximum atomic E-state index is 12.8. The number of guanidine groups is 1. The highest BCUT2D eigenvalue weighted by atomic mass is 35.5. The standard InChI is InChI=1S/C18H23ClN6O5S.C2HF3O2/c1-11-6-7-14(24-31(28,29)15-5-3-4-13(19)12(15)2)17(27)25(11)10-16(26)22-8-9-30-23-18(20)21;3-2(4,5)1(6)7/h3-7,24H,8-10H2,1-2H3,(H,22,26)(H4,20,21,23);(H,6,7). The molecule has 13 nitrogen and oxygen atoms in total. The van der Waals surface area contributed by atoms with Crippen molar-refractivity contribution in [3.05, 3.63) is 57.0 Å². The number of carboxylic acids is 1. The van der Waals surface area contributed by atoms with Crippen molar-refractivity contribution in [2.24, 2.45) is 5.73 Å². The molecule has 1 aromatic carbocycles. The van der Waals surface area contributed by atoms with E-state index in [0.29, 0.717) is 11.3 Å². The number of aromatic nitrogens is 1. The van der Waals surface area contributed by atoms with Crippen LogP contribution in [0.1, 0.15) is 11.3 Å². The molecule has 0 bridgehead atoms. The molecule has 0 saturated heterocycles. The van der Waals surface area contributed by atoms with E-state index >= 15 is 0 Å². The molecule has 0 aliphatic heterocycles. The number of aliphatic carboxylic acids is 1. The van der Waals surface area contributed by atoms with E-state index in [9.17, 15) is 31.2 Å². The molecule has 0 aliphatic carbocycles. The molecule has 1 heterocycles. The minimum atomic E-state index is -5.08. The average Bonchev–Trinajstić information content (AvgIpc) is 2.79. The normalized spacial score (nSPS) is 11.1. The van der Waals surface area contributed by atoms with E-state index in [1.807, 2.05) is 0 Å². The Hall–Kier alpha value is -3.83. The third-order valence-electron chi connectivity index (χ3n) is 4.40. The summed E-state index contributed by atoms with van der Waals surface area (Å²) in [6, 6.07) is 7.31. The molecule has 7 N–H and O–H groups in total. The SMILES string of the molecule is Cc1c(Cl)cccc1S(=O)(=O)Nc1ccc(C)n(CC(=O)NCCONC(=N)N)c1=O.O=C(O)C(F)(F)F. The molecule has 0 fully saturated rings. The van der Waals surface area contributed by atoms with Crippen LogP contribution in [0.25, 0.3) is 0 Å². The smallest absolute Gasteiger partial charge is 0.475 e. The number of aryl methyl sites for hydroxylation is 1. The van der Waals surface area contributed by atoms with Gasteiger partial charge in [0.2, 0.25) is 11.9 Å². The van der Waals surface area contributed by atoms with Crippen LogP contribution in [0.15, 0.2) is 40.0 Å². The zero-order chi connectivity index (χ0) is 29.3. The van der Waals surface area contributed by atoms with Gasteiger partial charge in [-0.05, 0) is 43.7 Å². The van der Waals surface area contributed by atoms with E-state index in [4.69, 9.17) is 37.5 Å². The van der Waals surface area contributed by atoms with Crippen molar-refractivity contribution < 1.29 is 41.1 Å². The molecule has 1 aromatic heterocycles. The molecule has 210 valence electrons. The minimum Gasteiger partial charge on any atom is -0.475 e. The Morgan fingerprint density at radius 2 is 1.82 bits per heavy atom. The average molecular weight is 585 g/mol. The lowest BCUT2D eigenvalue weighted by molar-refractivity contribution is -0.192. The molecule has 2 aromatic rings. The van der Waals surface area contributed by atoms with Crippen LogP contribution in [0, 0.1) is 19.3 Å². The molecule has 2 rings (SSSR count). The topological polar surface area (TPSA) is 206 Å². The van der Waals surface area contributed by atoms with Gasteiger partial charge in [0.15, 0.2) is 0 Å². The number of carboxylic acid groups (broad SMARTS) is 1. The van der Waals surface area contributed by atoms with Gasteiger partial charge >= 0.3 is 12.1 Å². The highest BCUT2D eigenvalue weighted by Crippen LogP contribution is 2.24. The molecular formula is C20H24ClF3N6O7S. The van der Waals surface area contributed by atoms with E-state index in [0.717, 1.165) is 4.57 Å². The number of halogens is 4. The van der Waals surface area contributed by atoms with E-state index in [-0.39, 0.29) is 41.3 Å². The van der Waals surface area contributed by atoms with Crippen molar-refractivity contribution in [2.45, 2.75) is 31.5 Å². The predicted octanol–water partition coefficient (Wildman–Crippen LogP) is 1.08. The summed E-state index contributed by atoms with van der Waals surface area (Å²) in [5, 5.41) is 16.9. The Labute approximate surface area is 219 Å². The van der Waals surface area contributed by atoms with E-state index < -0.39 is 33.6 Å². The summed E-state index contributed by atoms with van der Waals surface area (Å²) >= 11 is 6.00.